The van der Waals surface area contributed by atoms with Gasteiger partial charge >= 0.3 is 0 Å². The van der Waals surface area contributed by atoms with Crippen LogP contribution in [0.4, 0.5) is 10.1 Å². The molecule has 2 rings (SSSR count). The predicted octanol–water partition coefficient (Wildman–Crippen LogP) is 4.02. The van der Waals surface area contributed by atoms with E-state index in [2.05, 4.69) is 0 Å². The van der Waals surface area contributed by atoms with Crippen LogP contribution in [0, 0.1) is 15.9 Å². The maximum absolute atomic E-state index is 13.5. The van der Waals surface area contributed by atoms with Gasteiger partial charge in [0, 0.05) is 11.8 Å². The van der Waals surface area contributed by atoms with Crippen LogP contribution in [0.15, 0.2) is 30.3 Å². The minimum atomic E-state index is -0.882. The van der Waals surface area contributed by atoms with E-state index >= 15 is 0 Å². The first-order valence-corrected chi connectivity index (χ1v) is 7.41. The van der Waals surface area contributed by atoms with Gasteiger partial charge in [0.05, 0.1) is 27.6 Å². The molecule has 0 aliphatic rings. The van der Waals surface area contributed by atoms with Crippen LogP contribution in [0.1, 0.15) is 15.9 Å². The Morgan fingerprint density at radius 1 is 1.32 bits per heavy atom. The number of methoxy groups -OCH3 is 1. The summed E-state index contributed by atoms with van der Waals surface area (Å²) in [5, 5.41) is 22.2. The molecule has 130 valence electrons. The van der Waals surface area contributed by atoms with Crippen molar-refractivity contribution in [3.63, 3.8) is 0 Å². The molecule has 0 aliphatic carbocycles. The first-order valence-electron chi connectivity index (χ1n) is 6.65. The van der Waals surface area contributed by atoms with Gasteiger partial charge in [0.25, 0.3) is 5.69 Å². The first kappa shape index (κ1) is 18.7. The molecule has 0 saturated carbocycles. The lowest BCUT2D eigenvalue weighted by Gasteiger charge is -2.13. The van der Waals surface area contributed by atoms with Crippen molar-refractivity contribution >= 4 is 40.7 Å². The van der Waals surface area contributed by atoms with Crippen molar-refractivity contribution in [2.75, 3.05) is 7.11 Å². The lowest BCUT2D eigenvalue weighted by molar-refractivity contribution is -0.398. The summed E-state index contributed by atoms with van der Waals surface area (Å²) in [6, 6.07) is 4.42. The average molecular weight is 385 g/mol. The van der Waals surface area contributed by atoms with Crippen LogP contribution in [-0.2, 0) is 0 Å². The number of benzene rings is 2. The largest absolute Gasteiger partial charge is 0.865 e. The van der Waals surface area contributed by atoms with Gasteiger partial charge in [-0.15, -0.1) is 0 Å². The van der Waals surface area contributed by atoms with Crippen molar-refractivity contribution < 1.29 is 24.0 Å². The Morgan fingerprint density at radius 2 is 2.00 bits per heavy atom. The van der Waals surface area contributed by atoms with E-state index in [-0.39, 0.29) is 21.9 Å². The van der Waals surface area contributed by atoms with Crippen molar-refractivity contribution in [3.05, 3.63) is 67.4 Å². The Morgan fingerprint density at radius 3 is 2.60 bits per heavy atom. The molecule has 0 amide bonds. The van der Waals surface area contributed by atoms with E-state index in [1.807, 2.05) is 0 Å². The normalized spacial score (nSPS) is 10.9. The second kappa shape index (κ2) is 7.50. The lowest BCUT2D eigenvalue weighted by atomic mass is 10.1. The number of hydrogen-bond donors (Lipinski definition) is 0. The standard InChI is InChI=1S/C16H10Cl2FNO5/c1-25-13-7-8(6-11(16(13)22)20(23)24)2-5-12(21)14-9(17)3-4-10(19)15(14)18/h2-7,22H,1H3/p-1/b5-2+. The number of rotatable bonds is 5. The summed E-state index contributed by atoms with van der Waals surface area (Å²) < 4.78 is 18.3. The molecule has 0 aliphatic heterocycles. The summed E-state index contributed by atoms with van der Waals surface area (Å²) >= 11 is 11.6. The SMILES string of the molecule is COc1cc(/C=C/C(=O)c2c(Cl)ccc(F)c2Cl)cc([N+](=O)[O-])c1[O-]. The third-order valence-corrected chi connectivity index (χ3v) is 3.88. The summed E-state index contributed by atoms with van der Waals surface area (Å²) in [6.45, 7) is 0. The number of ether oxygens (including phenoxy) is 1. The van der Waals surface area contributed by atoms with Gasteiger partial charge in [0.2, 0.25) is 0 Å². The zero-order valence-corrected chi connectivity index (χ0v) is 14.1. The summed E-state index contributed by atoms with van der Waals surface area (Å²) in [4.78, 5) is 22.3. The second-order valence-corrected chi connectivity index (χ2v) is 5.53. The highest BCUT2D eigenvalue weighted by molar-refractivity contribution is 6.40. The fourth-order valence-electron chi connectivity index (χ4n) is 2.00. The van der Waals surface area contributed by atoms with Gasteiger partial charge < -0.3 is 9.84 Å². The van der Waals surface area contributed by atoms with Crippen LogP contribution in [-0.4, -0.2) is 17.8 Å². The minimum Gasteiger partial charge on any atom is -0.865 e. The zero-order valence-electron chi connectivity index (χ0n) is 12.6. The second-order valence-electron chi connectivity index (χ2n) is 4.74. The molecule has 0 fully saturated rings. The highest BCUT2D eigenvalue weighted by Gasteiger charge is 2.17. The molecule has 25 heavy (non-hydrogen) atoms. The number of hydrogen-bond acceptors (Lipinski definition) is 5. The molecule has 0 heterocycles. The molecule has 0 unspecified atom stereocenters. The Balaban J connectivity index is 2.43. The van der Waals surface area contributed by atoms with E-state index in [1.54, 1.807) is 0 Å². The quantitative estimate of drug-likeness (QED) is 0.255. The molecule has 0 spiro atoms. The van der Waals surface area contributed by atoms with Gasteiger partial charge in [-0.05, 0) is 29.8 Å². The third-order valence-electron chi connectivity index (χ3n) is 3.19. The molecule has 0 bridgehead atoms. The van der Waals surface area contributed by atoms with Gasteiger partial charge in [-0.3, -0.25) is 14.9 Å². The van der Waals surface area contributed by atoms with E-state index in [0.717, 1.165) is 18.2 Å². The lowest BCUT2D eigenvalue weighted by Crippen LogP contribution is -2.02. The van der Waals surface area contributed by atoms with Gasteiger partial charge in [-0.1, -0.05) is 29.3 Å². The number of carbonyl (C=O) groups excluding carboxylic acids is 1. The van der Waals surface area contributed by atoms with Crippen molar-refractivity contribution in [1.82, 2.24) is 0 Å². The van der Waals surface area contributed by atoms with Crippen LogP contribution in [0.5, 0.6) is 11.5 Å². The summed E-state index contributed by atoms with van der Waals surface area (Å²) in [6.07, 6.45) is 2.21. The van der Waals surface area contributed by atoms with Crippen LogP contribution in [0.2, 0.25) is 10.0 Å². The summed E-state index contributed by atoms with van der Waals surface area (Å²) in [7, 11) is 1.19. The van der Waals surface area contributed by atoms with Crippen LogP contribution in [0.3, 0.4) is 0 Å². The van der Waals surface area contributed by atoms with E-state index in [4.69, 9.17) is 27.9 Å². The first-order chi connectivity index (χ1) is 11.8. The molecule has 2 aromatic carbocycles. The number of allylic oxidation sites excluding steroid dienone is 1. The maximum atomic E-state index is 13.5. The molecule has 2 aromatic rings. The molecule has 0 radical (unpaired) electrons. The molecular weight excluding hydrogens is 376 g/mol. The van der Waals surface area contributed by atoms with Crippen LogP contribution < -0.4 is 9.84 Å². The predicted molar refractivity (Wildman–Crippen MR) is 88.9 cm³/mol. The van der Waals surface area contributed by atoms with Crippen LogP contribution >= 0.6 is 23.2 Å². The number of nitro groups is 1. The summed E-state index contributed by atoms with van der Waals surface area (Å²) in [5.74, 6) is -2.64. The average Bonchev–Trinajstić information content (AvgIpc) is 2.57. The monoisotopic (exact) mass is 384 g/mol. The fraction of sp³-hybridized carbons (Fsp3) is 0.0625. The number of ketones is 1. The molecule has 6 nitrogen and oxygen atoms in total. The van der Waals surface area contributed by atoms with Crippen LogP contribution in [0.25, 0.3) is 6.08 Å². The summed E-state index contributed by atoms with van der Waals surface area (Å²) in [5.41, 5.74) is -0.769. The number of carbonyl (C=O) groups is 1. The maximum Gasteiger partial charge on any atom is 0.266 e. The third kappa shape index (κ3) is 3.89. The molecule has 0 atom stereocenters. The Bertz CT molecular complexity index is 899. The van der Waals surface area contributed by atoms with E-state index in [0.29, 0.717) is 0 Å². The Hall–Kier alpha value is -2.64. The molecule has 9 heteroatoms. The molecule has 0 N–H and O–H groups in total. The number of nitrogens with zero attached hydrogens (tertiary/aromatic N) is 1. The molecular formula is C16H9Cl2FNO5-. The smallest absolute Gasteiger partial charge is 0.266 e. The Labute approximate surface area is 151 Å². The van der Waals surface area contributed by atoms with E-state index in [9.17, 15) is 24.4 Å². The van der Waals surface area contributed by atoms with Gasteiger partial charge in [0.1, 0.15) is 11.6 Å². The van der Waals surface area contributed by atoms with Gasteiger partial charge in [-0.2, -0.15) is 0 Å². The van der Waals surface area contributed by atoms with Crippen molar-refractivity contribution in [2.45, 2.75) is 0 Å². The fourth-order valence-corrected chi connectivity index (χ4v) is 2.56. The van der Waals surface area contributed by atoms with E-state index in [1.165, 1.54) is 25.3 Å². The Kier molecular flexibility index (Phi) is 5.61. The van der Waals surface area contributed by atoms with Gasteiger partial charge in [0.15, 0.2) is 5.78 Å². The number of halogens is 3. The topological polar surface area (TPSA) is 92.5 Å². The van der Waals surface area contributed by atoms with Crippen molar-refractivity contribution in [2.24, 2.45) is 0 Å². The zero-order chi connectivity index (χ0) is 18.7. The highest BCUT2D eigenvalue weighted by atomic mass is 35.5. The minimum absolute atomic E-state index is 0.0421. The molecule has 0 aromatic heterocycles. The van der Waals surface area contributed by atoms with E-state index < -0.39 is 33.0 Å². The van der Waals surface area contributed by atoms with Gasteiger partial charge in [-0.25, -0.2) is 4.39 Å². The van der Waals surface area contributed by atoms with Crippen molar-refractivity contribution in [1.29, 1.82) is 0 Å². The van der Waals surface area contributed by atoms with Crippen molar-refractivity contribution in [3.8, 4) is 11.5 Å². The highest BCUT2D eigenvalue weighted by Crippen LogP contribution is 2.35. The number of nitro benzene ring substituents is 1. The molecule has 0 saturated heterocycles.